The molecule has 0 N–H and O–H groups in total. The minimum atomic E-state index is 0.136. The summed E-state index contributed by atoms with van der Waals surface area (Å²) in [6, 6.07) is 3.67. The number of ketones is 1. The van der Waals surface area contributed by atoms with Gasteiger partial charge in [0, 0.05) is 7.05 Å². The number of hydrogen-bond acceptors (Lipinski definition) is 4. The standard InChI is InChI=1S/C8H12OS.C7H11N.C4H4O.C2H6/c1-4-5-10-6-7(2)8(3)9;1-4-6-7(5-2)8-3;1-2-4-5-3-1;1-2/h4-6H,1-3H3;4-6H,2H2,1,3H3;1-4H;1-2H3/b5-4-,7-6+;6-4+,8-7?;;. The van der Waals surface area contributed by atoms with E-state index in [2.05, 4.69) is 16.0 Å². The van der Waals surface area contributed by atoms with Crippen LogP contribution < -0.4 is 0 Å². The molecule has 0 radical (unpaired) electrons. The zero-order valence-corrected chi connectivity index (χ0v) is 17.5. The summed E-state index contributed by atoms with van der Waals surface area (Å²) in [5.41, 5.74) is 1.73. The largest absolute Gasteiger partial charge is 0.473 e. The van der Waals surface area contributed by atoms with E-state index in [1.165, 1.54) is 11.8 Å². The third-order valence-corrected chi connectivity index (χ3v) is 3.16. The molecule has 1 aromatic heterocycles. The first-order valence-electron chi connectivity index (χ1n) is 8.16. The Balaban J connectivity index is -0.000000287. The lowest BCUT2D eigenvalue weighted by Crippen LogP contribution is -1.88. The highest BCUT2D eigenvalue weighted by atomic mass is 32.2. The van der Waals surface area contributed by atoms with Gasteiger partial charge in [-0.15, -0.1) is 11.8 Å². The van der Waals surface area contributed by atoms with Gasteiger partial charge in [-0.05, 0) is 68.4 Å². The van der Waals surface area contributed by atoms with E-state index in [-0.39, 0.29) is 5.78 Å². The fourth-order valence-electron chi connectivity index (χ4n) is 0.934. The van der Waals surface area contributed by atoms with Crippen LogP contribution in [0.4, 0.5) is 0 Å². The predicted molar refractivity (Wildman–Crippen MR) is 115 cm³/mol. The van der Waals surface area contributed by atoms with Crippen LogP contribution in [0.2, 0.25) is 0 Å². The second-order valence-corrected chi connectivity index (χ2v) is 4.89. The van der Waals surface area contributed by atoms with E-state index in [1.54, 1.807) is 32.6 Å². The first-order chi connectivity index (χ1) is 12.0. The number of allylic oxidation sites excluding steroid dienone is 5. The number of furan rings is 1. The second kappa shape index (κ2) is 24.2. The van der Waals surface area contributed by atoms with E-state index in [0.717, 1.165) is 11.3 Å². The molecule has 4 heteroatoms. The van der Waals surface area contributed by atoms with E-state index in [1.807, 2.05) is 75.8 Å². The fraction of sp³-hybridized carbons (Fsp3) is 0.333. The Kier molecular flexibility index (Phi) is 26.9. The van der Waals surface area contributed by atoms with Gasteiger partial charge in [0.2, 0.25) is 0 Å². The van der Waals surface area contributed by atoms with Gasteiger partial charge in [-0.3, -0.25) is 9.79 Å². The van der Waals surface area contributed by atoms with Crippen LogP contribution >= 0.6 is 11.8 Å². The molecule has 0 aliphatic rings. The average molecular weight is 364 g/mol. The van der Waals surface area contributed by atoms with Gasteiger partial charge in [0.05, 0.1) is 18.2 Å². The Morgan fingerprint density at radius 2 is 1.68 bits per heavy atom. The van der Waals surface area contributed by atoms with Crippen molar-refractivity contribution < 1.29 is 9.21 Å². The summed E-state index contributed by atoms with van der Waals surface area (Å²) in [7, 11) is 1.75. The number of thioether (sulfide) groups is 1. The van der Waals surface area contributed by atoms with Crippen molar-refractivity contribution in [2.45, 2.75) is 41.5 Å². The lowest BCUT2D eigenvalue weighted by molar-refractivity contribution is -0.113. The Bertz CT molecular complexity index is 507. The molecule has 3 nitrogen and oxygen atoms in total. The average Bonchev–Trinajstić information content (AvgIpc) is 3.22. The van der Waals surface area contributed by atoms with Crippen LogP contribution in [0.3, 0.4) is 0 Å². The summed E-state index contributed by atoms with van der Waals surface area (Å²) < 4.78 is 4.58. The summed E-state index contributed by atoms with van der Waals surface area (Å²) in [6.45, 7) is 14.9. The monoisotopic (exact) mass is 363 g/mol. The molecular formula is C21H33NO2S. The SMILES string of the molecule is C/C=C\S/C=C(\C)C(C)=O.C=CC(/C=C/C)=NC.CC.c1ccoc1. The Morgan fingerprint density at radius 1 is 1.12 bits per heavy atom. The number of carbonyl (C=O) groups excluding carboxylic acids is 1. The van der Waals surface area contributed by atoms with E-state index in [4.69, 9.17) is 0 Å². The van der Waals surface area contributed by atoms with Crippen LogP contribution in [0.25, 0.3) is 0 Å². The van der Waals surface area contributed by atoms with Crippen LogP contribution in [-0.2, 0) is 4.79 Å². The maximum atomic E-state index is 10.6. The third-order valence-electron chi connectivity index (χ3n) is 2.24. The van der Waals surface area contributed by atoms with Crippen molar-refractivity contribution in [2.75, 3.05) is 7.05 Å². The van der Waals surface area contributed by atoms with Crippen molar-refractivity contribution in [3.05, 3.63) is 71.9 Å². The molecule has 0 unspecified atom stereocenters. The molecule has 0 atom stereocenters. The molecule has 140 valence electrons. The van der Waals surface area contributed by atoms with Gasteiger partial charge in [-0.1, -0.05) is 32.6 Å². The number of aliphatic imine (C=N–C) groups is 1. The Hall–Kier alpha value is -2.07. The molecule has 0 saturated carbocycles. The van der Waals surface area contributed by atoms with Crippen molar-refractivity contribution >= 4 is 23.3 Å². The zero-order chi connectivity index (χ0) is 19.9. The molecule has 0 aromatic carbocycles. The van der Waals surface area contributed by atoms with Gasteiger partial charge >= 0.3 is 0 Å². The van der Waals surface area contributed by atoms with Crippen LogP contribution in [0.15, 0.2) is 81.3 Å². The van der Waals surface area contributed by atoms with Gasteiger partial charge in [0.15, 0.2) is 5.78 Å². The summed E-state index contributed by atoms with van der Waals surface area (Å²) in [5, 5.41) is 3.79. The number of nitrogens with zero attached hydrogens (tertiary/aromatic N) is 1. The van der Waals surface area contributed by atoms with Crippen LogP contribution in [0.5, 0.6) is 0 Å². The van der Waals surface area contributed by atoms with Crippen molar-refractivity contribution in [1.29, 1.82) is 0 Å². The minimum absolute atomic E-state index is 0.136. The molecule has 1 rings (SSSR count). The van der Waals surface area contributed by atoms with Crippen molar-refractivity contribution in [2.24, 2.45) is 4.99 Å². The highest BCUT2D eigenvalue weighted by Crippen LogP contribution is 2.08. The van der Waals surface area contributed by atoms with Crippen molar-refractivity contribution in [3.8, 4) is 0 Å². The van der Waals surface area contributed by atoms with E-state index in [0.29, 0.717) is 0 Å². The highest BCUT2D eigenvalue weighted by molar-refractivity contribution is 8.04. The Morgan fingerprint density at radius 3 is 1.92 bits per heavy atom. The summed E-state index contributed by atoms with van der Waals surface area (Å²) in [5.74, 6) is 0.136. The summed E-state index contributed by atoms with van der Waals surface area (Å²) in [4.78, 5) is 14.5. The molecule has 0 aliphatic heterocycles. The first kappa shape index (κ1) is 27.8. The number of hydrogen-bond donors (Lipinski definition) is 0. The van der Waals surface area contributed by atoms with Crippen molar-refractivity contribution in [1.82, 2.24) is 0 Å². The number of Topliss-reactive ketones (excluding diaryl/α,β-unsaturated/α-hetero) is 1. The molecule has 0 aliphatic carbocycles. The quantitative estimate of drug-likeness (QED) is 0.423. The maximum Gasteiger partial charge on any atom is 0.156 e. The predicted octanol–water partition coefficient (Wildman–Crippen LogP) is 6.87. The lowest BCUT2D eigenvalue weighted by atomic mass is 10.2. The van der Waals surface area contributed by atoms with Gasteiger partial charge in [0.25, 0.3) is 0 Å². The highest BCUT2D eigenvalue weighted by Gasteiger charge is 1.92. The van der Waals surface area contributed by atoms with Crippen LogP contribution in [0.1, 0.15) is 41.5 Å². The maximum absolute atomic E-state index is 10.6. The van der Waals surface area contributed by atoms with E-state index >= 15 is 0 Å². The first-order valence-corrected chi connectivity index (χ1v) is 9.11. The molecule has 1 aromatic rings. The Labute approximate surface area is 158 Å². The molecular weight excluding hydrogens is 330 g/mol. The molecule has 0 bridgehead atoms. The lowest BCUT2D eigenvalue weighted by Gasteiger charge is -1.89. The second-order valence-electron chi connectivity index (χ2n) is 4.11. The molecule has 0 amide bonds. The summed E-state index contributed by atoms with van der Waals surface area (Å²) in [6.07, 6.45) is 10.8. The van der Waals surface area contributed by atoms with E-state index < -0.39 is 0 Å². The fourth-order valence-corrected chi connectivity index (χ4v) is 1.54. The molecule has 1 heterocycles. The minimum Gasteiger partial charge on any atom is -0.473 e. The van der Waals surface area contributed by atoms with Crippen LogP contribution in [-0.4, -0.2) is 18.5 Å². The third kappa shape index (κ3) is 24.3. The van der Waals surface area contributed by atoms with E-state index in [9.17, 15) is 4.79 Å². The molecule has 0 spiro atoms. The normalized spacial score (nSPS) is 10.8. The smallest absolute Gasteiger partial charge is 0.156 e. The molecule has 25 heavy (non-hydrogen) atoms. The van der Waals surface area contributed by atoms with Gasteiger partial charge < -0.3 is 4.42 Å². The summed E-state index contributed by atoms with van der Waals surface area (Å²) >= 11 is 1.53. The zero-order valence-electron chi connectivity index (χ0n) is 16.7. The van der Waals surface area contributed by atoms with Gasteiger partial charge in [-0.2, -0.15) is 0 Å². The van der Waals surface area contributed by atoms with Gasteiger partial charge in [-0.25, -0.2) is 0 Å². The van der Waals surface area contributed by atoms with Crippen LogP contribution in [0, 0.1) is 0 Å². The van der Waals surface area contributed by atoms with Crippen molar-refractivity contribution in [3.63, 3.8) is 0 Å². The molecule has 0 saturated heterocycles. The van der Waals surface area contributed by atoms with Gasteiger partial charge in [0.1, 0.15) is 0 Å². The number of rotatable bonds is 5. The topological polar surface area (TPSA) is 42.6 Å². The molecule has 0 fully saturated rings. The number of carbonyl (C=O) groups is 1.